The fourth-order valence-corrected chi connectivity index (χ4v) is 3.37. The third-order valence-corrected chi connectivity index (χ3v) is 4.55. The van der Waals surface area contributed by atoms with Crippen molar-refractivity contribution in [2.75, 3.05) is 11.9 Å². The van der Waals surface area contributed by atoms with Gasteiger partial charge in [-0.3, -0.25) is 0 Å². The van der Waals surface area contributed by atoms with Crippen molar-refractivity contribution in [3.63, 3.8) is 0 Å². The summed E-state index contributed by atoms with van der Waals surface area (Å²) in [5, 5.41) is 7.29. The molecule has 0 atom stereocenters. The van der Waals surface area contributed by atoms with Crippen molar-refractivity contribution in [2.45, 2.75) is 26.2 Å². The summed E-state index contributed by atoms with van der Waals surface area (Å²) in [6.07, 6.45) is 5.25. The highest BCUT2D eigenvalue weighted by Gasteiger charge is 2.20. The molecule has 0 saturated carbocycles. The summed E-state index contributed by atoms with van der Waals surface area (Å²) in [7, 11) is 0. The number of hydrogen-bond donors (Lipinski definition) is 1. The van der Waals surface area contributed by atoms with Crippen LogP contribution in [0.5, 0.6) is 0 Å². The quantitative estimate of drug-likeness (QED) is 0.777. The third-order valence-electron chi connectivity index (χ3n) is 4.55. The Morgan fingerprint density at radius 3 is 2.62 bits per heavy atom. The van der Waals surface area contributed by atoms with Crippen LogP contribution in [-0.2, 0) is 12.8 Å². The van der Waals surface area contributed by atoms with Crippen LogP contribution in [0.1, 0.15) is 23.4 Å². The zero-order valence-corrected chi connectivity index (χ0v) is 13.7. The normalized spacial score (nSPS) is 13.9. The Kier molecular flexibility index (Phi) is 3.99. The van der Waals surface area contributed by atoms with Gasteiger partial charge >= 0.3 is 0 Å². The lowest BCUT2D eigenvalue weighted by molar-refractivity contribution is 0.425. The third kappa shape index (κ3) is 3.02. The van der Waals surface area contributed by atoms with E-state index in [1.165, 1.54) is 24.0 Å². The number of rotatable bonds is 5. The number of anilines is 1. The zero-order chi connectivity index (χ0) is 16.4. The summed E-state index contributed by atoms with van der Waals surface area (Å²) in [5.41, 5.74) is 3.86. The van der Waals surface area contributed by atoms with Crippen LogP contribution in [0.4, 0.5) is 5.82 Å². The van der Waals surface area contributed by atoms with Gasteiger partial charge in [0.25, 0.3) is 5.89 Å². The smallest absolute Gasteiger partial charge is 0.261 e. The van der Waals surface area contributed by atoms with Gasteiger partial charge in [0.15, 0.2) is 5.82 Å². The molecule has 3 aromatic rings. The molecule has 122 valence electrons. The minimum Gasteiger partial charge on any atom is -0.369 e. The number of aryl methyl sites for hydroxylation is 1. The molecule has 0 amide bonds. The molecular formula is C19H20N4O. The summed E-state index contributed by atoms with van der Waals surface area (Å²) in [4.78, 5) is 8.73. The van der Waals surface area contributed by atoms with Crippen LogP contribution in [0.3, 0.4) is 0 Å². The van der Waals surface area contributed by atoms with E-state index in [9.17, 15) is 0 Å². The number of aromatic nitrogens is 3. The maximum absolute atomic E-state index is 5.27. The van der Waals surface area contributed by atoms with Crippen LogP contribution in [0.25, 0.3) is 11.5 Å². The van der Waals surface area contributed by atoms with Crippen molar-refractivity contribution in [1.82, 2.24) is 15.1 Å². The van der Waals surface area contributed by atoms with E-state index in [-0.39, 0.29) is 0 Å². The van der Waals surface area contributed by atoms with Crippen molar-refractivity contribution in [1.29, 1.82) is 0 Å². The number of nitrogens with one attached hydrogen (secondary N) is 1. The molecule has 1 aliphatic carbocycles. The highest BCUT2D eigenvalue weighted by molar-refractivity contribution is 5.68. The Morgan fingerprint density at radius 2 is 1.92 bits per heavy atom. The van der Waals surface area contributed by atoms with Crippen molar-refractivity contribution < 1.29 is 4.52 Å². The van der Waals surface area contributed by atoms with Gasteiger partial charge in [-0.2, -0.15) is 4.98 Å². The summed E-state index contributed by atoms with van der Waals surface area (Å²) >= 11 is 0. The van der Waals surface area contributed by atoms with Crippen molar-refractivity contribution >= 4 is 5.82 Å². The Morgan fingerprint density at radius 1 is 1.12 bits per heavy atom. The second-order valence-corrected chi connectivity index (χ2v) is 6.30. The van der Waals surface area contributed by atoms with Crippen LogP contribution in [0.2, 0.25) is 0 Å². The molecular weight excluding hydrogens is 300 g/mol. The molecule has 1 N–H and O–H groups in total. The standard InChI is InChI=1S/C19H20N4O/c1-13-22-19(24-23-13)17-7-4-9-20-18(17)21-10-8-14-11-15-5-2-3-6-16(15)12-14/h2-7,9,14H,8,10-12H2,1H3,(H,20,21). The second-order valence-electron chi connectivity index (χ2n) is 6.30. The molecule has 0 unspecified atom stereocenters. The van der Waals surface area contributed by atoms with Crippen LogP contribution < -0.4 is 5.32 Å². The summed E-state index contributed by atoms with van der Waals surface area (Å²) in [6.45, 7) is 2.70. The van der Waals surface area contributed by atoms with Crippen molar-refractivity contribution in [2.24, 2.45) is 5.92 Å². The fourth-order valence-electron chi connectivity index (χ4n) is 3.37. The second kappa shape index (κ2) is 6.43. The lowest BCUT2D eigenvalue weighted by Gasteiger charge is -2.12. The Labute approximate surface area is 141 Å². The topological polar surface area (TPSA) is 63.8 Å². The Hall–Kier alpha value is -2.69. The average Bonchev–Trinajstić information content (AvgIpc) is 3.21. The number of hydrogen-bond acceptors (Lipinski definition) is 5. The first-order valence-corrected chi connectivity index (χ1v) is 8.36. The van der Waals surface area contributed by atoms with Gasteiger partial charge in [0.2, 0.25) is 0 Å². The van der Waals surface area contributed by atoms with Gasteiger partial charge < -0.3 is 9.84 Å². The molecule has 1 aliphatic rings. The number of fused-ring (bicyclic) bond motifs is 1. The maximum Gasteiger partial charge on any atom is 0.261 e. The molecule has 24 heavy (non-hydrogen) atoms. The molecule has 0 saturated heterocycles. The highest BCUT2D eigenvalue weighted by Crippen LogP contribution is 2.29. The molecule has 5 heteroatoms. The SMILES string of the molecule is Cc1noc(-c2cccnc2NCCC2Cc3ccccc3C2)n1. The number of benzene rings is 1. The molecule has 5 nitrogen and oxygen atoms in total. The van der Waals surface area contributed by atoms with Crippen LogP contribution in [0.15, 0.2) is 47.1 Å². The number of nitrogens with zero attached hydrogens (tertiary/aromatic N) is 3. The van der Waals surface area contributed by atoms with Crippen molar-refractivity contribution in [3.8, 4) is 11.5 Å². The zero-order valence-electron chi connectivity index (χ0n) is 13.7. The first kappa shape index (κ1) is 14.9. The molecule has 0 radical (unpaired) electrons. The minimum absolute atomic E-state index is 0.511. The lowest BCUT2D eigenvalue weighted by Crippen LogP contribution is -2.10. The summed E-state index contributed by atoms with van der Waals surface area (Å²) in [6, 6.07) is 12.6. The molecule has 4 rings (SSSR count). The Bertz CT molecular complexity index is 818. The molecule has 0 aliphatic heterocycles. The number of pyridine rings is 1. The predicted octanol–water partition coefficient (Wildman–Crippen LogP) is 3.66. The van der Waals surface area contributed by atoms with Crippen LogP contribution in [-0.4, -0.2) is 21.7 Å². The molecule has 1 aromatic carbocycles. The Balaban J connectivity index is 1.39. The van der Waals surface area contributed by atoms with E-state index in [4.69, 9.17) is 4.52 Å². The van der Waals surface area contributed by atoms with Gasteiger partial charge in [-0.15, -0.1) is 0 Å². The van der Waals surface area contributed by atoms with Gasteiger partial charge in [-0.25, -0.2) is 4.98 Å². The minimum atomic E-state index is 0.511. The van der Waals surface area contributed by atoms with Gasteiger partial charge in [0.1, 0.15) is 5.82 Å². The molecule has 0 bridgehead atoms. The van der Waals surface area contributed by atoms with Gasteiger partial charge in [-0.1, -0.05) is 29.4 Å². The van der Waals surface area contributed by atoms with E-state index in [0.717, 1.165) is 24.3 Å². The first-order chi connectivity index (χ1) is 11.8. The highest BCUT2D eigenvalue weighted by atomic mass is 16.5. The van der Waals surface area contributed by atoms with Crippen molar-refractivity contribution in [3.05, 3.63) is 59.5 Å². The summed E-state index contributed by atoms with van der Waals surface area (Å²) in [5.74, 6) is 2.64. The fraction of sp³-hybridized carbons (Fsp3) is 0.316. The predicted molar refractivity (Wildman–Crippen MR) is 92.7 cm³/mol. The van der Waals surface area contributed by atoms with E-state index in [1.807, 2.05) is 19.1 Å². The van der Waals surface area contributed by atoms with Crippen LogP contribution >= 0.6 is 0 Å². The van der Waals surface area contributed by atoms with Gasteiger partial charge in [-0.05, 0) is 55.4 Å². The molecule has 0 fully saturated rings. The van der Waals surface area contributed by atoms with E-state index >= 15 is 0 Å². The van der Waals surface area contributed by atoms with Gasteiger partial charge in [0.05, 0.1) is 5.56 Å². The maximum atomic E-state index is 5.27. The lowest BCUT2D eigenvalue weighted by atomic mass is 10.0. The van der Waals surface area contributed by atoms with Gasteiger partial charge in [0, 0.05) is 12.7 Å². The first-order valence-electron chi connectivity index (χ1n) is 8.36. The van der Waals surface area contributed by atoms with E-state index < -0.39 is 0 Å². The van der Waals surface area contributed by atoms with Crippen LogP contribution in [0, 0.1) is 12.8 Å². The van der Waals surface area contributed by atoms with E-state index in [2.05, 4.69) is 44.7 Å². The average molecular weight is 320 g/mol. The van der Waals surface area contributed by atoms with E-state index in [1.54, 1.807) is 6.20 Å². The van der Waals surface area contributed by atoms with E-state index in [0.29, 0.717) is 17.6 Å². The molecule has 2 heterocycles. The summed E-state index contributed by atoms with van der Waals surface area (Å²) < 4.78 is 5.27. The largest absolute Gasteiger partial charge is 0.369 e. The molecule has 0 spiro atoms. The monoisotopic (exact) mass is 320 g/mol. The molecule has 2 aromatic heterocycles.